The van der Waals surface area contributed by atoms with Gasteiger partial charge < -0.3 is 15.0 Å². The van der Waals surface area contributed by atoms with Gasteiger partial charge in [0.2, 0.25) is 0 Å². The number of carbonyl (C=O) groups excluding carboxylic acids is 2. The number of nitrogens with one attached hydrogen (secondary N) is 1. The zero-order chi connectivity index (χ0) is 16.9. The zero-order valence-corrected chi connectivity index (χ0v) is 14.3. The summed E-state index contributed by atoms with van der Waals surface area (Å²) in [7, 11) is 1.72. The van der Waals surface area contributed by atoms with E-state index in [1.807, 2.05) is 46.8 Å². The van der Waals surface area contributed by atoms with Gasteiger partial charge in [-0.2, -0.15) is 0 Å². The maximum atomic E-state index is 12.3. The van der Waals surface area contributed by atoms with E-state index in [2.05, 4.69) is 5.32 Å². The summed E-state index contributed by atoms with van der Waals surface area (Å²) in [6.07, 6.45) is -0.476. The van der Waals surface area contributed by atoms with Crippen molar-refractivity contribution in [3.63, 3.8) is 0 Å². The van der Waals surface area contributed by atoms with Crippen molar-refractivity contribution in [3.05, 3.63) is 35.4 Å². The van der Waals surface area contributed by atoms with Gasteiger partial charge in [-0.1, -0.05) is 17.7 Å². The molecule has 1 atom stereocenters. The Labute approximate surface area is 132 Å². The molecule has 5 nitrogen and oxygen atoms in total. The minimum atomic E-state index is -0.534. The summed E-state index contributed by atoms with van der Waals surface area (Å²) in [4.78, 5) is 25.6. The minimum absolute atomic E-state index is 0.0714. The Kier molecular flexibility index (Phi) is 5.97. The van der Waals surface area contributed by atoms with Crippen LogP contribution < -0.4 is 5.32 Å². The molecule has 0 spiro atoms. The van der Waals surface area contributed by atoms with Crippen LogP contribution >= 0.6 is 0 Å². The van der Waals surface area contributed by atoms with Crippen molar-refractivity contribution in [2.75, 3.05) is 13.6 Å². The average molecular weight is 306 g/mol. The number of aryl methyl sites for hydroxylation is 1. The molecule has 0 saturated heterocycles. The number of amides is 2. The standard InChI is InChI=1S/C17H26N2O3/c1-12-7-9-14(10-8-12)15(20)19(6)11-13(2)18-16(21)22-17(3,4)5/h7-10,13H,11H2,1-6H3,(H,18,21)/t13-/m0/s1. The number of hydrogen-bond acceptors (Lipinski definition) is 3. The lowest BCUT2D eigenvalue weighted by Crippen LogP contribution is -2.44. The van der Waals surface area contributed by atoms with Gasteiger partial charge >= 0.3 is 6.09 Å². The quantitative estimate of drug-likeness (QED) is 0.930. The van der Waals surface area contributed by atoms with Gasteiger partial charge in [0.25, 0.3) is 5.91 Å². The predicted octanol–water partition coefficient (Wildman–Crippen LogP) is 2.98. The second-order valence-corrected chi connectivity index (χ2v) is 6.60. The molecule has 0 bridgehead atoms. The molecule has 5 heteroatoms. The first kappa shape index (κ1) is 18.0. The fraction of sp³-hybridized carbons (Fsp3) is 0.529. The Morgan fingerprint density at radius 3 is 2.27 bits per heavy atom. The monoisotopic (exact) mass is 306 g/mol. The summed E-state index contributed by atoms with van der Waals surface area (Å²) in [5.41, 5.74) is 1.21. The molecule has 1 rings (SSSR count). The van der Waals surface area contributed by atoms with Crippen LogP contribution in [0.4, 0.5) is 4.79 Å². The molecule has 0 aliphatic heterocycles. The van der Waals surface area contributed by atoms with E-state index in [0.29, 0.717) is 12.1 Å². The first-order valence-corrected chi connectivity index (χ1v) is 7.40. The highest BCUT2D eigenvalue weighted by atomic mass is 16.6. The molecule has 1 N–H and O–H groups in total. The minimum Gasteiger partial charge on any atom is -0.444 e. The van der Waals surface area contributed by atoms with Crippen LogP contribution in [0.5, 0.6) is 0 Å². The lowest BCUT2D eigenvalue weighted by atomic mass is 10.1. The van der Waals surface area contributed by atoms with Gasteiger partial charge in [-0.05, 0) is 46.8 Å². The van der Waals surface area contributed by atoms with Gasteiger partial charge in [0.05, 0.1) is 0 Å². The Bertz CT molecular complexity index is 518. The summed E-state index contributed by atoms with van der Waals surface area (Å²) in [6.45, 7) is 9.65. The molecule has 0 aromatic heterocycles. The van der Waals surface area contributed by atoms with Gasteiger partial charge in [-0.3, -0.25) is 4.79 Å². The third-order valence-electron chi connectivity index (χ3n) is 2.96. The van der Waals surface area contributed by atoms with Crippen LogP contribution in [0, 0.1) is 6.92 Å². The van der Waals surface area contributed by atoms with Crippen molar-refractivity contribution < 1.29 is 14.3 Å². The van der Waals surface area contributed by atoms with Crippen LogP contribution in [0.15, 0.2) is 24.3 Å². The number of nitrogens with zero attached hydrogens (tertiary/aromatic N) is 1. The number of benzene rings is 1. The molecular formula is C17H26N2O3. The maximum Gasteiger partial charge on any atom is 0.407 e. The summed E-state index contributed by atoms with van der Waals surface area (Å²) in [6, 6.07) is 7.22. The number of alkyl carbamates (subject to hydrolysis) is 1. The van der Waals surface area contributed by atoms with Crippen LogP contribution in [0.2, 0.25) is 0 Å². The Morgan fingerprint density at radius 2 is 1.77 bits per heavy atom. The van der Waals surface area contributed by atoms with Crippen molar-refractivity contribution in [1.29, 1.82) is 0 Å². The molecule has 0 unspecified atom stereocenters. The van der Waals surface area contributed by atoms with E-state index >= 15 is 0 Å². The molecular weight excluding hydrogens is 280 g/mol. The fourth-order valence-corrected chi connectivity index (χ4v) is 1.96. The Morgan fingerprint density at radius 1 is 1.23 bits per heavy atom. The van der Waals surface area contributed by atoms with Gasteiger partial charge in [-0.25, -0.2) is 4.79 Å². The average Bonchev–Trinajstić information content (AvgIpc) is 2.35. The van der Waals surface area contributed by atoms with Crippen molar-refractivity contribution in [3.8, 4) is 0 Å². The van der Waals surface area contributed by atoms with Gasteiger partial charge in [0.1, 0.15) is 5.60 Å². The SMILES string of the molecule is Cc1ccc(C(=O)N(C)C[C@H](C)NC(=O)OC(C)(C)C)cc1. The summed E-state index contributed by atoms with van der Waals surface area (Å²) in [5, 5.41) is 2.73. The maximum absolute atomic E-state index is 12.3. The topological polar surface area (TPSA) is 58.6 Å². The molecule has 1 aromatic rings. The smallest absolute Gasteiger partial charge is 0.407 e. The molecule has 2 amide bonds. The van der Waals surface area contributed by atoms with Crippen molar-refractivity contribution in [2.45, 2.75) is 46.3 Å². The van der Waals surface area contributed by atoms with Gasteiger partial charge in [-0.15, -0.1) is 0 Å². The molecule has 0 heterocycles. The molecule has 0 aliphatic rings. The number of likely N-dealkylation sites (N-methyl/N-ethyl adjacent to an activating group) is 1. The molecule has 0 radical (unpaired) electrons. The van der Waals surface area contributed by atoms with E-state index in [0.717, 1.165) is 5.56 Å². The lowest BCUT2D eigenvalue weighted by Gasteiger charge is -2.25. The number of hydrogen-bond donors (Lipinski definition) is 1. The Hall–Kier alpha value is -2.04. The van der Waals surface area contributed by atoms with Crippen molar-refractivity contribution >= 4 is 12.0 Å². The van der Waals surface area contributed by atoms with E-state index < -0.39 is 11.7 Å². The van der Waals surface area contributed by atoms with E-state index in [1.54, 1.807) is 24.1 Å². The van der Waals surface area contributed by atoms with Crippen LogP contribution in [0.25, 0.3) is 0 Å². The fourth-order valence-electron chi connectivity index (χ4n) is 1.96. The van der Waals surface area contributed by atoms with Crippen LogP contribution in [-0.2, 0) is 4.74 Å². The van der Waals surface area contributed by atoms with Gasteiger partial charge in [0, 0.05) is 25.2 Å². The summed E-state index contributed by atoms with van der Waals surface area (Å²) < 4.78 is 5.19. The molecule has 0 saturated carbocycles. The van der Waals surface area contributed by atoms with Crippen LogP contribution in [0.3, 0.4) is 0 Å². The van der Waals surface area contributed by atoms with E-state index in [9.17, 15) is 9.59 Å². The number of carbonyl (C=O) groups is 2. The number of ether oxygens (including phenoxy) is 1. The Balaban J connectivity index is 2.53. The first-order valence-electron chi connectivity index (χ1n) is 7.40. The normalized spacial score (nSPS) is 12.5. The summed E-state index contributed by atoms with van der Waals surface area (Å²) >= 11 is 0. The second kappa shape index (κ2) is 7.29. The highest BCUT2D eigenvalue weighted by molar-refractivity contribution is 5.94. The highest BCUT2D eigenvalue weighted by Crippen LogP contribution is 2.08. The van der Waals surface area contributed by atoms with Crippen LogP contribution in [-0.4, -0.2) is 42.1 Å². The third kappa shape index (κ3) is 6.16. The van der Waals surface area contributed by atoms with Gasteiger partial charge in [0.15, 0.2) is 0 Å². The lowest BCUT2D eigenvalue weighted by molar-refractivity contribution is 0.0491. The molecule has 0 aliphatic carbocycles. The van der Waals surface area contributed by atoms with Crippen LogP contribution in [0.1, 0.15) is 43.6 Å². The molecule has 0 fully saturated rings. The zero-order valence-electron chi connectivity index (χ0n) is 14.3. The highest BCUT2D eigenvalue weighted by Gasteiger charge is 2.19. The van der Waals surface area contributed by atoms with E-state index in [4.69, 9.17) is 4.74 Å². The first-order chi connectivity index (χ1) is 10.1. The van der Waals surface area contributed by atoms with E-state index in [1.165, 1.54) is 0 Å². The largest absolute Gasteiger partial charge is 0.444 e. The summed E-state index contributed by atoms with van der Waals surface area (Å²) in [5.74, 6) is -0.0714. The molecule has 122 valence electrons. The second-order valence-electron chi connectivity index (χ2n) is 6.60. The van der Waals surface area contributed by atoms with Crippen molar-refractivity contribution in [2.24, 2.45) is 0 Å². The van der Waals surface area contributed by atoms with E-state index in [-0.39, 0.29) is 11.9 Å². The third-order valence-corrected chi connectivity index (χ3v) is 2.96. The number of rotatable bonds is 4. The molecule has 22 heavy (non-hydrogen) atoms. The van der Waals surface area contributed by atoms with Crippen molar-refractivity contribution in [1.82, 2.24) is 10.2 Å². The molecule has 1 aromatic carbocycles. The predicted molar refractivity (Wildman–Crippen MR) is 87.0 cm³/mol.